The highest BCUT2D eigenvalue weighted by Crippen LogP contribution is 2.37. The molecule has 0 aromatic heterocycles. The Kier molecular flexibility index (Phi) is 11.2. The van der Waals surface area contributed by atoms with E-state index >= 15 is 0 Å². The molecule has 0 aliphatic rings. The number of carbonyl (C=O) groups excluding carboxylic acids is 2. The van der Waals surface area contributed by atoms with Crippen LogP contribution < -0.4 is 28.6 Å². The number of hydrogen-bond donors (Lipinski definition) is 1. The second-order valence-corrected chi connectivity index (χ2v) is 11.5. The number of ether oxygens (including phenoxy) is 4. The van der Waals surface area contributed by atoms with Crippen LogP contribution in [0.1, 0.15) is 25.0 Å². The van der Waals surface area contributed by atoms with E-state index in [-0.39, 0.29) is 34.5 Å². The summed E-state index contributed by atoms with van der Waals surface area (Å²) >= 11 is 0. The molecule has 0 aliphatic heterocycles. The molecule has 3 aromatic rings. The largest absolute Gasteiger partial charge is 0.497 e. The quantitative estimate of drug-likeness (QED) is 0.292. The first-order valence-electron chi connectivity index (χ1n) is 13.6. The van der Waals surface area contributed by atoms with Crippen molar-refractivity contribution in [3.8, 4) is 23.0 Å². The predicted molar refractivity (Wildman–Crippen MR) is 163 cm³/mol. The molecular weight excluding hydrogens is 574 g/mol. The SMILES string of the molecule is CCNC(=O)[C@@H](C)N(Cc1ccc(C)cc1)C(=O)CN(c1cc(OC)ccc1OC)S(=O)(=O)c1ccc(OC)c(OC)c1. The first kappa shape index (κ1) is 33.1. The Bertz CT molecular complexity index is 1530. The van der Waals surface area contributed by atoms with E-state index in [1.165, 1.54) is 57.6 Å². The van der Waals surface area contributed by atoms with Crippen LogP contribution in [0.3, 0.4) is 0 Å². The number of amides is 2. The Morgan fingerprint density at radius 3 is 2.05 bits per heavy atom. The summed E-state index contributed by atoms with van der Waals surface area (Å²) in [4.78, 5) is 28.3. The minimum atomic E-state index is -4.42. The van der Waals surface area contributed by atoms with Crippen LogP contribution in [-0.4, -0.2) is 72.7 Å². The Labute approximate surface area is 253 Å². The van der Waals surface area contributed by atoms with Gasteiger partial charge in [-0.25, -0.2) is 8.42 Å². The number of hydrogen-bond acceptors (Lipinski definition) is 8. The molecule has 1 atom stereocenters. The summed E-state index contributed by atoms with van der Waals surface area (Å²) in [5.41, 5.74) is 1.89. The lowest BCUT2D eigenvalue weighted by Gasteiger charge is -2.32. The minimum Gasteiger partial charge on any atom is -0.497 e. The van der Waals surface area contributed by atoms with E-state index in [2.05, 4.69) is 5.32 Å². The van der Waals surface area contributed by atoms with Crippen LogP contribution in [0.4, 0.5) is 5.69 Å². The molecule has 0 saturated carbocycles. The number of likely N-dealkylation sites (N-methyl/N-ethyl adjacent to an activating group) is 1. The van der Waals surface area contributed by atoms with E-state index in [1.807, 2.05) is 31.2 Å². The van der Waals surface area contributed by atoms with Crippen LogP contribution in [0.15, 0.2) is 65.6 Å². The number of nitrogens with zero attached hydrogens (tertiary/aromatic N) is 2. The van der Waals surface area contributed by atoms with Gasteiger partial charge in [0, 0.05) is 25.2 Å². The summed E-state index contributed by atoms with van der Waals surface area (Å²) in [5, 5.41) is 2.75. The monoisotopic (exact) mass is 613 g/mol. The van der Waals surface area contributed by atoms with Crippen molar-refractivity contribution in [2.45, 2.75) is 38.3 Å². The lowest BCUT2D eigenvalue weighted by Crippen LogP contribution is -2.51. The van der Waals surface area contributed by atoms with Gasteiger partial charge in [0.25, 0.3) is 10.0 Å². The fourth-order valence-corrected chi connectivity index (χ4v) is 5.84. The fourth-order valence-electron chi connectivity index (χ4n) is 4.40. The summed E-state index contributed by atoms with van der Waals surface area (Å²) in [6.07, 6.45) is 0. The van der Waals surface area contributed by atoms with Gasteiger partial charge >= 0.3 is 0 Å². The summed E-state index contributed by atoms with van der Waals surface area (Å²) in [5.74, 6) is 0.105. The highest BCUT2D eigenvalue weighted by molar-refractivity contribution is 7.92. The van der Waals surface area contributed by atoms with Gasteiger partial charge in [-0.3, -0.25) is 13.9 Å². The van der Waals surface area contributed by atoms with Crippen molar-refractivity contribution in [3.63, 3.8) is 0 Å². The number of aryl methyl sites for hydroxylation is 1. The third-order valence-electron chi connectivity index (χ3n) is 6.87. The number of anilines is 1. The summed E-state index contributed by atoms with van der Waals surface area (Å²) in [6, 6.07) is 15.4. The van der Waals surface area contributed by atoms with E-state index in [0.29, 0.717) is 18.0 Å². The van der Waals surface area contributed by atoms with Crippen LogP contribution in [0.5, 0.6) is 23.0 Å². The average Bonchev–Trinajstić information content (AvgIpc) is 3.02. The van der Waals surface area contributed by atoms with Crippen LogP contribution in [0.25, 0.3) is 0 Å². The van der Waals surface area contributed by atoms with Crippen molar-refractivity contribution in [2.24, 2.45) is 0 Å². The number of nitrogens with one attached hydrogen (secondary N) is 1. The Morgan fingerprint density at radius 1 is 0.837 bits per heavy atom. The lowest BCUT2D eigenvalue weighted by atomic mass is 10.1. The van der Waals surface area contributed by atoms with Crippen LogP contribution in [0, 0.1) is 6.92 Å². The van der Waals surface area contributed by atoms with Crippen molar-refractivity contribution in [1.82, 2.24) is 10.2 Å². The maximum atomic E-state index is 14.3. The van der Waals surface area contributed by atoms with E-state index in [0.717, 1.165) is 15.4 Å². The standard InChI is InChI=1S/C31H39N3O8S/c1-8-32-31(36)22(3)33(19-23-11-9-21(2)10-12-23)30(35)20-34(26-17-24(39-4)13-15-27(26)40-5)43(37,38)25-14-16-28(41-6)29(18-25)42-7/h9-18,22H,8,19-20H2,1-7H3,(H,32,36)/t22-/m1/s1. The Balaban J connectivity index is 2.17. The van der Waals surface area contributed by atoms with Crippen LogP contribution >= 0.6 is 0 Å². The predicted octanol–water partition coefficient (Wildman–Crippen LogP) is 3.78. The van der Waals surface area contributed by atoms with Gasteiger partial charge < -0.3 is 29.2 Å². The van der Waals surface area contributed by atoms with Gasteiger partial charge in [0.05, 0.1) is 39.0 Å². The van der Waals surface area contributed by atoms with E-state index in [1.54, 1.807) is 26.0 Å². The number of methoxy groups -OCH3 is 4. The first-order chi connectivity index (χ1) is 20.5. The molecule has 11 nitrogen and oxygen atoms in total. The highest BCUT2D eigenvalue weighted by atomic mass is 32.2. The van der Waals surface area contributed by atoms with E-state index in [9.17, 15) is 18.0 Å². The molecule has 12 heteroatoms. The number of benzene rings is 3. The zero-order valence-electron chi connectivity index (χ0n) is 25.5. The van der Waals surface area contributed by atoms with Gasteiger partial charge in [-0.1, -0.05) is 29.8 Å². The van der Waals surface area contributed by atoms with Gasteiger partial charge in [-0.2, -0.15) is 0 Å². The molecule has 0 saturated heterocycles. The molecule has 2 amide bonds. The van der Waals surface area contributed by atoms with Crippen molar-refractivity contribution in [2.75, 3.05) is 45.8 Å². The number of carbonyl (C=O) groups is 2. The molecule has 0 bridgehead atoms. The second kappa shape index (κ2) is 14.6. The number of rotatable bonds is 14. The molecule has 0 radical (unpaired) electrons. The van der Waals surface area contributed by atoms with Crippen molar-refractivity contribution in [1.29, 1.82) is 0 Å². The van der Waals surface area contributed by atoms with Crippen molar-refractivity contribution < 1.29 is 37.0 Å². The molecular formula is C31H39N3O8S. The third kappa shape index (κ3) is 7.69. The molecule has 43 heavy (non-hydrogen) atoms. The van der Waals surface area contributed by atoms with E-state index in [4.69, 9.17) is 18.9 Å². The van der Waals surface area contributed by atoms with Gasteiger partial charge in [0.15, 0.2) is 11.5 Å². The first-order valence-corrected chi connectivity index (χ1v) is 15.0. The zero-order valence-corrected chi connectivity index (χ0v) is 26.4. The Morgan fingerprint density at radius 2 is 1.47 bits per heavy atom. The maximum absolute atomic E-state index is 14.3. The average molecular weight is 614 g/mol. The molecule has 0 fully saturated rings. The molecule has 0 unspecified atom stereocenters. The van der Waals surface area contributed by atoms with Crippen molar-refractivity contribution in [3.05, 3.63) is 71.8 Å². The number of sulfonamides is 1. The lowest BCUT2D eigenvalue weighted by molar-refractivity contribution is -0.139. The highest BCUT2D eigenvalue weighted by Gasteiger charge is 2.34. The molecule has 0 spiro atoms. The molecule has 0 heterocycles. The summed E-state index contributed by atoms with van der Waals surface area (Å²) in [7, 11) is 1.26. The van der Waals surface area contributed by atoms with Crippen LogP contribution in [-0.2, 0) is 26.2 Å². The second-order valence-electron chi connectivity index (χ2n) is 9.64. The molecule has 232 valence electrons. The van der Waals surface area contributed by atoms with Gasteiger partial charge in [-0.05, 0) is 50.6 Å². The van der Waals surface area contributed by atoms with Crippen LogP contribution in [0.2, 0.25) is 0 Å². The van der Waals surface area contributed by atoms with Gasteiger partial charge in [0.1, 0.15) is 24.1 Å². The van der Waals surface area contributed by atoms with Crippen molar-refractivity contribution >= 4 is 27.5 Å². The maximum Gasteiger partial charge on any atom is 0.265 e. The van der Waals surface area contributed by atoms with Gasteiger partial charge in [0.2, 0.25) is 11.8 Å². The fraction of sp³-hybridized carbons (Fsp3) is 0.355. The topological polar surface area (TPSA) is 124 Å². The molecule has 0 aliphatic carbocycles. The summed E-state index contributed by atoms with van der Waals surface area (Å²) in [6.45, 7) is 5.14. The molecule has 3 rings (SSSR count). The van der Waals surface area contributed by atoms with E-state index < -0.39 is 28.5 Å². The Hall–Kier alpha value is -4.45. The normalized spacial score (nSPS) is 11.7. The van der Waals surface area contributed by atoms with Gasteiger partial charge in [-0.15, -0.1) is 0 Å². The smallest absolute Gasteiger partial charge is 0.265 e. The molecule has 3 aromatic carbocycles. The molecule has 1 N–H and O–H groups in total. The summed E-state index contributed by atoms with van der Waals surface area (Å²) < 4.78 is 51.1. The third-order valence-corrected chi connectivity index (χ3v) is 8.62. The zero-order chi connectivity index (χ0) is 31.7. The minimum absolute atomic E-state index is 0.0749.